The number of anilines is 1. The quantitative estimate of drug-likeness (QED) is 0.533. The van der Waals surface area contributed by atoms with Crippen molar-refractivity contribution in [2.45, 2.75) is 6.42 Å². The van der Waals surface area contributed by atoms with Crippen molar-refractivity contribution in [3.05, 3.63) is 11.3 Å². The van der Waals surface area contributed by atoms with E-state index >= 15 is 0 Å². The summed E-state index contributed by atoms with van der Waals surface area (Å²) in [4.78, 5) is 10.5. The molecule has 2 heterocycles. The van der Waals surface area contributed by atoms with Gasteiger partial charge in [0.2, 0.25) is 0 Å². The number of H-pyrrole nitrogens is 1. The number of carboxylic acid groups (broad SMARTS) is 1. The summed E-state index contributed by atoms with van der Waals surface area (Å²) in [7, 11) is 0. The van der Waals surface area contributed by atoms with Gasteiger partial charge in [-0.05, 0) is 6.42 Å². The lowest BCUT2D eigenvalue weighted by Gasteiger charge is -1.88. The minimum atomic E-state index is -0.942. The Hall–Kier alpha value is -1.52. The summed E-state index contributed by atoms with van der Waals surface area (Å²) in [6.07, 6.45) is 0.744. The Balaban J connectivity index is 2.50. The third kappa shape index (κ3) is 0.772. The molecule has 11 heavy (non-hydrogen) atoms. The molecule has 0 spiro atoms. The maximum atomic E-state index is 10.5. The van der Waals surface area contributed by atoms with Crippen molar-refractivity contribution in [1.82, 2.24) is 10.2 Å². The van der Waals surface area contributed by atoms with Gasteiger partial charge in [-0.2, -0.15) is 5.10 Å². The number of carboxylic acids is 1. The lowest BCUT2D eigenvalue weighted by atomic mass is 10.2. The number of nitrogens with one attached hydrogen (secondary N) is 2. The summed E-state index contributed by atoms with van der Waals surface area (Å²) in [6, 6.07) is 0. The second-order valence-electron chi connectivity index (χ2n) is 2.41. The van der Waals surface area contributed by atoms with E-state index in [2.05, 4.69) is 15.5 Å². The van der Waals surface area contributed by atoms with Crippen LogP contribution in [0.5, 0.6) is 0 Å². The molecule has 0 saturated carbocycles. The minimum absolute atomic E-state index is 0.213. The second-order valence-corrected chi connectivity index (χ2v) is 2.41. The molecule has 1 aromatic heterocycles. The van der Waals surface area contributed by atoms with Crippen LogP contribution in [0.3, 0.4) is 0 Å². The van der Waals surface area contributed by atoms with Crippen LogP contribution in [-0.2, 0) is 6.42 Å². The fraction of sp³-hybridized carbons (Fsp3) is 0.333. The summed E-state index contributed by atoms with van der Waals surface area (Å²) >= 11 is 0. The fourth-order valence-electron chi connectivity index (χ4n) is 1.24. The first-order valence-electron chi connectivity index (χ1n) is 3.33. The molecule has 0 atom stereocenters. The van der Waals surface area contributed by atoms with Crippen LogP contribution in [0.25, 0.3) is 0 Å². The van der Waals surface area contributed by atoms with E-state index < -0.39 is 5.97 Å². The van der Waals surface area contributed by atoms with Crippen molar-refractivity contribution in [1.29, 1.82) is 0 Å². The van der Waals surface area contributed by atoms with E-state index in [1.807, 2.05) is 0 Å². The summed E-state index contributed by atoms with van der Waals surface area (Å²) in [5.74, 6) is -0.259. The summed E-state index contributed by atoms with van der Waals surface area (Å²) in [5.41, 5.74) is 1.00. The van der Waals surface area contributed by atoms with Crippen molar-refractivity contribution in [2.24, 2.45) is 0 Å². The predicted octanol–water partition coefficient (Wildman–Crippen LogP) is 0.0759. The van der Waals surface area contributed by atoms with Gasteiger partial charge in [0.25, 0.3) is 0 Å². The Labute approximate surface area is 62.4 Å². The Morgan fingerprint density at radius 3 is 3.18 bits per heavy atom. The highest BCUT2D eigenvalue weighted by atomic mass is 16.4. The number of hydrogen-bond donors (Lipinski definition) is 3. The maximum absolute atomic E-state index is 10.5. The minimum Gasteiger partial charge on any atom is -0.477 e. The molecule has 1 aromatic rings. The molecule has 58 valence electrons. The number of nitrogens with zero attached hydrogens (tertiary/aromatic N) is 1. The van der Waals surface area contributed by atoms with E-state index in [4.69, 9.17) is 5.11 Å². The topological polar surface area (TPSA) is 78.0 Å². The SMILES string of the molecule is O=C(O)c1[nH]nc2c1CCN2. The highest BCUT2D eigenvalue weighted by Crippen LogP contribution is 2.21. The van der Waals surface area contributed by atoms with Gasteiger partial charge in [-0.15, -0.1) is 0 Å². The lowest BCUT2D eigenvalue weighted by molar-refractivity contribution is 0.0689. The van der Waals surface area contributed by atoms with E-state index in [0.717, 1.165) is 18.5 Å². The van der Waals surface area contributed by atoms with Crippen LogP contribution in [-0.4, -0.2) is 27.8 Å². The number of fused-ring (bicyclic) bond motifs is 1. The van der Waals surface area contributed by atoms with Gasteiger partial charge in [0.15, 0.2) is 5.82 Å². The van der Waals surface area contributed by atoms with Crippen molar-refractivity contribution in [3.8, 4) is 0 Å². The van der Waals surface area contributed by atoms with Gasteiger partial charge >= 0.3 is 5.97 Å². The molecule has 0 unspecified atom stereocenters. The first-order valence-corrected chi connectivity index (χ1v) is 3.33. The summed E-state index contributed by atoms with van der Waals surface area (Å²) in [6.45, 7) is 0.784. The molecule has 0 fully saturated rings. The van der Waals surface area contributed by atoms with Crippen LogP contribution >= 0.6 is 0 Å². The van der Waals surface area contributed by atoms with Gasteiger partial charge in [0.05, 0.1) is 0 Å². The molecule has 1 aliphatic heterocycles. The first-order chi connectivity index (χ1) is 5.29. The predicted molar refractivity (Wildman–Crippen MR) is 37.7 cm³/mol. The normalized spacial score (nSPS) is 14.2. The molecule has 2 rings (SSSR count). The zero-order valence-electron chi connectivity index (χ0n) is 5.72. The third-order valence-corrected chi connectivity index (χ3v) is 1.75. The van der Waals surface area contributed by atoms with Crippen LogP contribution in [0.15, 0.2) is 0 Å². The number of aromatic nitrogens is 2. The zero-order valence-corrected chi connectivity index (χ0v) is 5.72. The highest BCUT2D eigenvalue weighted by Gasteiger charge is 2.21. The van der Waals surface area contributed by atoms with Crippen LogP contribution in [0, 0.1) is 0 Å². The molecule has 0 bridgehead atoms. The van der Waals surface area contributed by atoms with Gasteiger partial charge in [0, 0.05) is 12.1 Å². The van der Waals surface area contributed by atoms with Crippen molar-refractivity contribution in [2.75, 3.05) is 11.9 Å². The molecule has 0 radical (unpaired) electrons. The average molecular weight is 153 g/mol. The Morgan fingerprint density at radius 2 is 2.45 bits per heavy atom. The van der Waals surface area contributed by atoms with Crippen LogP contribution in [0.1, 0.15) is 16.1 Å². The number of aromatic amines is 1. The van der Waals surface area contributed by atoms with Gasteiger partial charge in [-0.3, -0.25) is 5.10 Å². The molecular formula is C6H7N3O2. The van der Waals surface area contributed by atoms with Gasteiger partial charge < -0.3 is 10.4 Å². The molecule has 5 nitrogen and oxygen atoms in total. The number of carbonyl (C=O) groups is 1. The largest absolute Gasteiger partial charge is 0.477 e. The van der Waals surface area contributed by atoms with Crippen molar-refractivity contribution < 1.29 is 9.90 Å². The molecular weight excluding hydrogens is 146 g/mol. The van der Waals surface area contributed by atoms with Gasteiger partial charge in [0.1, 0.15) is 5.69 Å². The summed E-state index contributed by atoms with van der Waals surface area (Å²) < 4.78 is 0. The lowest BCUT2D eigenvalue weighted by Crippen LogP contribution is -2.01. The van der Waals surface area contributed by atoms with Crippen LogP contribution in [0.2, 0.25) is 0 Å². The fourth-order valence-corrected chi connectivity index (χ4v) is 1.24. The number of aromatic carboxylic acids is 1. The van der Waals surface area contributed by atoms with E-state index in [9.17, 15) is 4.79 Å². The molecule has 0 amide bonds. The monoisotopic (exact) mass is 153 g/mol. The highest BCUT2D eigenvalue weighted by molar-refractivity contribution is 5.89. The molecule has 0 aliphatic carbocycles. The molecule has 1 aliphatic rings. The maximum Gasteiger partial charge on any atom is 0.354 e. The van der Waals surface area contributed by atoms with E-state index in [1.165, 1.54) is 0 Å². The third-order valence-electron chi connectivity index (χ3n) is 1.75. The van der Waals surface area contributed by atoms with Gasteiger partial charge in [-0.25, -0.2) is 4.79 Å². The van der Waals surface area contributed by atoms with Crippen LogP contribution in [0.4, 0.5) is 5.82 Å². The number of hydrogen-bond acceptors (Lipinski definition) is 3. The molecule has 0 aromatic carbocycles. The molecule has 0 saturated heterocycles. The van der Waals surface area contributed by atoms with E-state index in [1.54, 1.807) is 0 Å². The Kier molecular flexibility index (Phi) is 1.12. The Morgan fingerprint density at radius 1 is 1.64 bits per heavy atom. The smallest absolute Gasteiger partial charge is 0.354 e. The molecule has 5 heteroatoms. The first kappa shape index (κ1) is 6.21. The molecule has 3 N–H and O–H groups in total. The number of rotatable bonds is 1. The summed E-state index contributed by atoms with van der Waals surface area (Å²) in [5, 5.41) is 17.9. The van der Waals surface area contributed by atoms with E-state index in [0.29, 0.717) is 5.82 Å². The van der Waals surface area contributed by atoms with Gasteiger partial charge in [-0.1, -0.05) is 0 Å². The van der Waals surface area contributed by atoms with Crippen LogP contribution < -0.4 is 5.32 Å². The Bertz CT molecular complexity index is 305. The van der Waals surface area contributed by atoms with Crippen molar-refractivity contribution >= 4 is 11.8 Å². The average Bonchev–Trinajstić information content (AvgIpc) is 2.41. The zero-order chi connectivity index (χ0) is 7.84. The van der Waals surface area contributed by atoms with E-state index in [-0.39, 0.29) is 5.69 Å². The second kappa shape index (κ2) is 1.98. The standard InChI is InChI=1S/C6H7N3O2/c10-6(11)4-3-1-2-7-5(3)9-8-4/h1-2H2,(H,10,11)(H2,7,8,9). The van der Waals surface area contributed by atoms with Crippen molar-refractivity contribution in [3.63, 3.8) is 0 Å².